The lowest BCUT2D eigenvalue weighted by atomic mass is 10.2. The molecule has 0 atom stereocenters. The maximum Gasteiger partial charge on any atom is 0.253 e. The summed E-state index contributed by atoms with van der Waals surface area (Å²) in [6, 6.07) is 17.8. The van der Waals surface area contributed by atoms with Gasteiger partial charge in [0, 0.05) is 26.2 Å². The van der Waals surface area contributed by atoms with E-state index in [4.69, 9.17) is 13.9 Å². The number of piperazine rings is 1. The van der Waals surface area contributed by atoms with E-state index < -0.39 is 0 Å². The van der Waals surface area contributed by atoms with Crippen LogP contribution < -0.4 is 14.4 Å². The van der Waals surface area contributed by atoms with Gasteiger partial charge in [-0.3, -0.25) is 4.90 Å². The molecule has 0 aliphatic carbocycles. The first-order chi connectivity index (χ1) is 13.8. The third kappa shape index (κ3) is 4.43. The van der Waals surface area contributed by atoms with Gasteiger partial charge in [-0.05, 0) is 24.3 Å². The molecule has 0 spiro atoms. The van der Waals surface area contributed by atoms with Crippen LogP contribution >= 0.6 is 0 Å². The number of ether oxygens (including phenoxy) is 2. The van der Waals surface area contributed by atoms with Crippen molar-refractivity contribution in [2.75, 3.05) is 38.2 Å². The SMILES string of the molecule is COc1ccccc1N1CCN(Cc2nnc(COc3ccccc3)o2)CC1. The van der Waals surface area contributed by atoms with Crippen molar-refractivity contribution in [3.63, 3.8) is 0 Å². The lowest BCUT2D eigenvalue weighted by Crippen LogP contribution is -2.46. The molecule has 1 aliphatic rings. The van der Waals surface area contributed by atoms with Gasteiger partial charge in [-0.25, -0.2) is 0 Å². The third-order valence-corrected chi connectivity index (χ3v) is 4.77. The molecule has 1 fully saturated rings. The Morgan fingerprint density at radius 3 is 2.39 bits per heavy atom. The Morgan fingerprint density at radius 2 is 1.61 bits per heavy atom. The quantitative estimate of drug-likeness (QED) is 0.624. The summed E-state index contributed by atoms with van der Waals surface area (Å²) in [5, 5.41) is 8.24. The molecular weight excluding hydrogens is 356 g/mol. The zero-order chi connectivity index (χ0) is 19.2. The molecule has 0 bridgehead atoms. The van der Waals surface area contributed by atoms with E-state index in [2.05, 4.69) is 26.1 Å². The van der Waals surface area contributed by atoms with Gasteiger partial charge in [0.2, 0.25) is 5.89 Å². The average Bonchev–Trinajstić information content (AvgIpc) is 3.21. The number of benzene rings is 2. The molecule has 3 aromatic rings. The van der Waals surface area contributed by atoms with E-state index in [0.717, 1.165) is 43.4 Å². The van der Waals surface area contributed by atoms with E-state index in [0.29, 0.717) is 18.3 Å². The first kappa shape index (κ1) is 18.3. The molecule has 146 valence electrons. The molecule has 7 heteroatoms. The summed E-state index contributed by atoms with van der Waals surface area (Å²) in [7, 11) is 1.71. The van der Waals surface area contributed by atoms with E-state index in [1.807, 2.05) is 48.5 Å². The van der Waals surface area contributed by atoms with Crippen LogP contribution in [0.2, 0.25) is 0 Å². The zero-order valence-electron chi connectivity index (χ0n) is 16.0. The molecule has 0 amide bonds. The first-order valence-corrected chi connectivity index (χ1v) is 9.41. The predicted molar refractivity (Wildman–Crippen MR) is 106 cm³/mol. The second kappa shape index (κ2) is 8.75. The van der Waals surface area contributed by atoms with Crippen molar-refractivity contribution < 1.29 is 13.9 Å². The second-order valence-electron chi connectivity index (χ2n) is 6.63. The summed E-state index contributed by atoms with van der Waals surface area (Å²) < 4.78 is 16.9. The highest BCUT2D eigenvalue weighted by atomic mass is 16.5. The summed E-state index contributed by atoms with van der Waals surface area (Å²) in [4.78, 5) is 4.67. The van der Waals surface area contributed by atoms with Crippen LogP contribution in [-0.4, -0.2) is 48.4 Å². The standard InChI is InChI=1S/C21H24N4O3/c1-26-19-10-6-5-9-18(19)25-13-11-24(12-14-25)15-20-22-23-21(28-20)16-27-17-7-3-2-4-8-17/h2-10H,11-16H2,1H3. The van der Waals surface area contributed by atoms with Gasteiger partial charge in [0.1, 0.15) is 11.5 Å². The summed E-state index contributed by atoms with van der Waals surface area (Å²) in [6.07, 6.45) is 0. The molecule has 1 aromatic heterocycles. The van der Waals surface area contributed by atoms with E-state index in [-0.39, 0.29) is 6.61 Å². The van der Waals surface area contributed by atoms with Crippen molar-refractivity contribution >= 4 is 5.69 Å². The molecule has 0 radical (unpaired) electrons. The maximum atomic E-state index is 5.73. The highest BCUT2D eigenvalue weighted by molar-refractivity contribution is 5.58. The fraction of sp³-hybridized carbons (Fsp3) is 0.333. The van der Waals surface area contributed by atoms with Crippen molar-refractivity contribution in [2.45, 2.75) is 13.2 Å². The van der Waals surface area contributed by atoms with Crippen LogP contribution in [0.4, 0.5) is 5.69 Å². The summed E-state index contributed by atoms with van der Waals surface area (Å²) >= 11 is 0. The molecule has 0 N–H and O–H groups in total. The van der Waals surface area contributed by atoms with Crippen molar-refractivity contribution in [2.24, 2.45) is 0 Å². The van der Waals surface area contributed by atoms with Crippen LogP contribution in [0.3, 0.4) is 0 Å². The van der Waals surface area contributed by atoms with Gasteiger partial charge in [0.05, 0.1) is 19.3 Å². The minimum absolute atomic E-state index is 0.276. The van der Waals surface area contributed by atoms with Crippen LogP contribution in [0, 0.1) is 0 Å². The molecule has 7 nitrogen and oxygen atoms in total. The minimum atomic E-state index is 0.276. The molecular formula is C21H24N4O3. The molecule has 2 aromatic carbocycles. The monoisotopic (exact) mass is 380 g/mol. The lowest BCUT2D eigenvalue weighted by Gasteiger charge is -2.35. The molecule has 4 rings (SSSR count). The van der Waals surface area contributed by atoms with Crippen LogP contribution in [0.5, 0.6) is 11.5 Å². The van der Waals surface area contributed by atoms with Crippen LogP contribution in [-0.2, 0) is 13.2 Å². The average molecular weight is 380 g/mol. The number of para-hydroxylation sites is 3. The molecule has 28 heavy (non-hydrogen) atoms. The van der Waals surface area contributed by atoms with Crippen molar-refractivity contribution in [1.82, 2.24) is 15.1 Å². The highest BCUT2D eigenvalue weighted by Gasteiger charge is 2.21. The first-order valence-electron chi connectivity index (χ1n) is 9.41. The van der Waals surface area contributed by atoms with Gasteiger partial charge in [0.15, 0.2) is 6.61 Å². The Kier molecular flexibility index (Phi) is 5.72. The van der Waals surface area contributed by atoms with Gasteiger partial charge in [-0.2, -0.15) is 0 Å². The normalized spacial score (nSPS) is 14.8. The molecule has 0 unspecified atom stereocenters. The number of hydrogen-bond acceptors (Lipinski definition) is 7. The molecule has 2 heterocycles. The van der Waals surface area contributed by atoms with Gasteiger partial charge >= 0.3 is 0 Å². The highest BCUT2D eigenvalue weighted by Crippen LogP contribution is 2.28. The van der Waals surface area contributed by atoms with Crippen LogP contribution in [0.1, 0.15) is 11.8 Å². The van der Waals surface area contributed by atoms with Crippen LogP contribution in [0.25, 0.3) is 0 Å². The third-order valence-electron chi connectivity index (χ3n) is 4.77. The number of methoxy groups -OCH3 is 1. The molecule has 1 aliphatic heterocycles. The van der Waals surface area contributed by atoms with E-state index in [1.54, 1.807) is 7.11 Å². The van der Waals surface area contributed by atoms with Crippen molar-refractivity contribution in [3.05, 3.63) is 66.4 Å². The van der Waals surface area contributed by atoms with Crippen LogP contribution in [0.15, 0.2) is 59.0 Å². The Morgan fingerprint density at radius 1 is 0.893 bits per heavy atom. The Balaban J connectivity index is 1.28. The second-order valence-corrected chi connectivity index (χ2v) is 6.63. The largest absolute Gasteiger partial charge is 0.495 e. The minimum Gasteiger partial charge on any atom is -0.495 e. The number of rotatable bonds is 7. The van der Waals surface area contributed by atoms with Crippen molar-refractivity contribution in [3.8, 4) is 11.5 Å². The smallest absolute Gasteiger partial charge is 0.253 e. The fourth-order valence-corrected chi connectivity index (χ4v) is 3.30. The number of aromatic nitrogens is 2. The summed E-state index contributed by atoms with van der Waals surface area (Å²) in [6.45, 7) is 4.64. The van der Waals surface area contributed by atoms with Gasteiger partial charge in [-0.15, -0.1) is 10.2 Å². The number of hydrogen-bond donors (Lipinski definition) is 0. The predicted octanol–water partition coefficient (Wildman–Crippen LogP) is 2.98. The number of anilines is 1. The maximum absolute atomic E-state index is 5.73. The topological polar surface area (TPSA) is 63.9 Å². The Bertz CT molecular complexity index is 876. The zero-order valence-corrected chi connectivity index (χ0v) is 16.0. The summed E-state index contributed by atoms with van der Waals surface area (Å²) in [5.74, 6) is 2.81. The van der Waals surface area contributed by atoms with E-state index in [1.165, 1.54) is 0 Å². The Labute approximate surface area is 164 Å². The van der Waals surface area contributed by atoms with E-state index >= 15 is 0 Å². The van der Waals surface area contributed by atoms with Gasteiger partial charge in [-0.1, -0.05) is 30.3 Å². The number of nitrogens with zero attached hydrogens (tertiary/aromatic N) is 4. The van der Waals surface area contributed by atoms with Gasteiger partial charge in [0.25, 0.3) is 5.89 Å². The van der Waals surface area contributed by atoms with E-state index in [9.17, 15) is 0 Å². The van der Waals surface area contributed by atoms with Gasteiger partial charge < -0.3 is 18.8 Å². The molecule has 1 saturated heterocycles. The van der Waals surface area contributed by atoms with Crippen molar-refractivity contribution in [1.29, 1.82) is 0 Å². The lowest BCUT2D eigenvalue weighted by molar-refractivity contribution is 0.213. The fourth-order valence-electron chi connectivity index (χ4n) is 3.30. The molecule has 0 saturated carbocycles. The Hall–Kier alpha value is -3.06. The summed E-state index contributed by atoms with van der Waals surface area (Å²) in [5.41, 5.74) is 1.14.